The van der Waals surface area contributed by atoms with E-state index in [1.165, 1.54) is 12.8 Å². The average Bonchev–Trinajstić information content (AvgIpc) is 1.99. The quantitative estimate of drug-likeness (QED) is 0.673. The van der Waals surface area contributed by atoms with Crippen molar-refractivity contribution in [3.05, 3.63) is 0 Å². The van der Waals surface area contributed by atoms with E-state index in [9.17, 15) is 5.11 Å². The van der Waals surface area contributed by atoms with Gasteiger partial charge in [0.05, 0.1) is 5.60 Å². The molecule has 0 aromatic heterocycles. The topological polar surface area (TPSA) is 32.3 Å². The number of aliphatic hydroxyl groups is 1. The minimum atomic E-state index is -0.377. The zero-order valence-corrected chi connectivity index (χ0v) is 9.64. The van der Waals surface area contributed by atoms with Crippen molar-refractivity contribution in [2.24, 2.45) is 11.8 Å². The Morgan fingerprint density at radius 1 is 1.29 bits per heavy atom. The highest BCUT2D eigenvalue weighted by atomic mass is 16.3. The Hall–Kier alpha value is -0.0800. The fourth-order valence-electron chi connectivity index (χ4n) is 3.93. The zero-order chi connectivity index (χ0) is 10.4. The van der Waals surface area contributed by atoms with Gasteiger partial charge in [-0.05, 0) is 57.9 Å². The number of hydrogen-bond donors (Lipinski definition) is 2. The van der Waals surface area contributed by atoms with E-state index >= 15 is 0 Å². The van der Waals surface area contributed by atoms with E-state index in [0.717, 1.165) is 25.2 Å². The van der Waals surface area contributed by atoms with Gasteiger partial charge >= 0.3 is 0 Å². The van der Waals surface area contributed by atoms with Gasteiger partial charge in [0.2, 0.25) is 0 Å². The highest BCUT2D eigenvalue weighted by molar-refractivity contribution is 5.03. The number of rotatable bonds is 1. The van der Waals surface area contributed by atoms with Crippen molar-refractivity contribution in [1.29, 1.82) is 0 Å². The van der Waals surface area contributed by atoms with Crippen molar-refractivity contribution in [2.45, 2.75) is 57.1 Å². The molecule has 2 saturated carbocycles. The minimum absolute atomic E-state index is 0.164. The number of hydrogen-bond acceptors (Lipinski definition) is 2. The summed E-state index contributed by atoms with van der Waals surface area (Å²) < 4.78 is 0. The summed E-state index contributed by atoms with van der Waals surface area (Å²) >= 11 is 0. The van der Waals surface area contributed by atoms with Gasteiger partial charge in [-0.2, -0.15) is 0 Å². The first kappa shape index (κ1) is 10.4. The lowest BCUT2D eigenvalue weighted by Crippen LogP contribution is -2.56. The summed E-state index contributed by atoms with van der Waals surface area (Å²) in [6.07, 6.45) is 5.50. The smallest absolute Gasteiger partial charge is 0.0670 e. The van der Waals surface area contributed by atoms with Gasteiger partial charge in [-0.15, -0.1) is 0 Å². The Labute approximate surface area is 87.1 Å². The van der Waals surface area contributed by atoms with Crippen LogP contribution in [0.2, 0.25) is 0 Å². The van der Waals surface area contributed by atoms with E-state index in [2.05, 4.69) is 19.2 Å². The molecular formula is C12H23NO. The first-order chi connectivity index (χ1) is 6.45. The molecule has 2 N–H and O–H groups in total. The predicted octanol–water partition coefficient (Wildman–Crippen LogP) is 1.93. The Bertz CT molecular complexity index is 226. The van der Waals surface area contributed by atoms with Gasteiger partial charge in [0.25, 0.3) is 0 Å². The van der Waals surface area contributed by atoms with Crippen LogP contribution in [0.1, 0.15) is 46.0 Å². The monoisotopic (exact) mass is 197 g/mol. The van der Waals surface area contributed by atoms with E-state index in [1.807, 2.05) is 7.05 Å². The molecule has 0 aromatic rings. The molecule has 2 fully saturated rings. The highest BCUT2D eigenvalue weighted by Gasteiger charge is 2.48. The van der Waals surface area contributed by atoms with Crippen LogP contribution in [0.25, 0.3) is 0 Å². The Morgan fingerprint density at radius 2 is 2.00 bits per heavy atom. The van der Waals surface area contributed by atoms with Crippen molar-refractivity contribution < 1.29 is 5.11 Å². The maximum absolute atomic E-state index is 10.5. The zero-order valence-electron chi connectivity index (χ0n) is 9.64. The molecular weight excluding hydrogens is 174 g/mol. The molecule has 2 heteroatoms. The first-order valence-electron chi connectivity index (χ1n) is 5.86. The van der Waals surface area contributed by atoms with Gasteiger partial charge in [0, 0.05) is 5.54 Å². The fraction of sp³-hybridized carbons (Fsp3) is 1.00. The lowest BCUT2D eigenvalue weighted by Gasteiger charge is -2.51. The summed E-state index contributed by atoms with van der Waals surface area (Å²) in [5.41, 5.74) is -0.212. The molecule has 0 unspecified atom stereocenters. The molecule has 0 heterocycles. The van der Waals surface area contributed by atoms with Crippen molar-refractivity contribution in [3.8, 4) is 0 Å². The molecule has 2 bridgehead atoms. The summed E-state index contributed by atoms with van der Waals surface area (Å²) in [6, 6.07) is 0. The molecule has 0 saturated heterocycles. The van der Waals surface area contributed by atoms with Crippen molar-refractivity contribution in [1.82, 2.24) is 5.32 Å². The number of fused-ring (bicyclic) bond motifs is 2. The molecule has 14 heavy (non-hydrogen) atoms. The second-order valence-corrected chi connectivity index (χ2v) is 6.03. The van der Waals surface area contributed by atoms with Crippen LogP contribution in [0.15, 0.2) is 0 Å². The lowest BCUT2D eigenvalue weighted by atomic mass is 9.60. The summed E-state index contributed by atoms with van der Waals surface area (Å²) in [5, 5.41) is 13.9. The second-order valence-electron chi connectivity index (χ2n) is 6.03. The molecule has 2 nitrogen and oxygen atoms in total. The van der Waals surface area contributed by atoms with Gasteiger partial charge in [-0.3, -0.25) is 0 Å². The molecule has 2 aliphatic carbocycles. The van der Waals surface area contributed by atoms with E-state index in [1.54, 1.807) is 0 Å². The Balaban J connectivity index is 2.16. The molecule has 0 amide bonds. The van der Waals surface area contributed by atoms with Crippen LogP contribution in [-0.2, 0) is 0 Å². The maximum Gasteiger partial charge on any atom is 0.0670 e. The van der Waals surface area contributed by atoms with Crippen molar-refractivity contribution in [2.75, 3.05) is 7.05 Å². The van der Waals surface area contributed by atoms with Crippen molar-refractivity contribution in [3.63, 3.8) is 0 Å². The van der Waals surface area contributed by atoms with Crippen LogP contribution in [0, 0.1) is 11.8 Å². The molecule has 0 radical (unpaired) electrons. The van der Waals surface area contributed by atoms with Crippen LogP contribution in [0.5, 0.6) is 0 Å². The average molecular weight is 197 g/mol. The van der Waals surface area contributed by atoms with Crippen LogP contribution in [0.4, 0.5) is 0 Å². The third-order valence-electron chi connectivity index (χ3n) is 4.19. The van der Waals surface area contributed by atoms with E-state index in [-0.39, 0.29) is 11.1 Å². The second kappa shape index (κ2) is 3.21. The summed E-state index contributed by atoms with van der Waals surface area (Å²) in [4.78, 5) is 0. The molecule has 2 rings (SSSR count). The van der Waals surface area contributed by atoms with Gasteiger partial charge in [0.1, 0.15) is 0 Å². The standard InChI is InChI=1S/C12H23NO/c1-9-4-10-6-11(2,13-3)8-12(14,5-9)7-10/h9-10,13-14H,4-8H2,1-3H3/t9-,10-,11-,12+/m0/s1. The van der Waals surface area contributed by atoms with Gasteiger partial charge < -0.3 is 10.4 Å². The molecule has 0 aromatic carbocycles. The van der Waals surface area contributed by atoms with Crippen LogP contribution < -0.4 is 5.32 Å². The summed E-state index contributed by atoms with van der Waals surface area (Å²) in [5.74, 6) is 1.44. The molecule has 0 aliphatic heterocycles. The third-order valence-corrected chi connectivity index (χ3v) is 4.19. The minimum Gasteiger partial charge on any atom is -0.390 e. The van der Waals surface area contributed by atoms with Gasteiger partial charge in [0.15, 0.2) is 0 Å². The van der Waals surface area contributed by atoms with Gasteiger partial charge in [-0.25, -0.2) is 0 Å². The highest BCUT2D eigenvalue weighted by Crippen LogP contribution is 2.48. The van der Waals surface area contributed by atoms with Crippen LogP contribution >= 0.6 is 0 Å². The maximum atomic E-state index is 10.5. The molecule has 0 spiro atoms. The largest absolute Gasteiger partial charge is 0.390 e. The third kappa shape index (κ3) is 1.82. The van der Waals surface area contributed by atoms with E-state index < -0.39 is 0 Å². The Morgan fingerprint density at radius 3 is 2.57 bits per heavy atom. The molecule has 82 valence electrons. The van der Waals surface area contributed by atoms with E-state index in [0.29, 0.717) is 5.92 Å². The SMILES string of the molecule is CN[C@@]1(C)C[C@@H]2C[C@H](C)C[C@@](O)(C2)C1. The van der Waals surface area contributed by atoms with Crippen LogP contribution in [-0.4, -0.2) is 23.3 Å². The van der Waals surface area contributed by atoms with Gasteiger partial charge in [-0.1, -0.05) is 6.92 Å². The first-order valence-corrected chi connectivity index (χ1v) is 5.86. The lowest BCUT2D eigenvalue weighted by molar-refractivity contribution is -0.0918. The molecule has 4 atom stereocenters. The van der Waals surface area contributed by atoms with Crippen molar-refractivity contribution >= 4 is 0 Å². The fourth-order valence-corrected chi connectivity index (χ4v) is 3.93. The summed E-state index contributed by atoms with van der Waals surface area (Å²) in [6.45, 7) is 4.53. The predicted molar refractivity (Wildman–Crippen MR) is 58.2 cm³/mol. The number of nitrogens with one attached hydrogen (secondary N) is 1. The van der Waals surface area contributed by atoms with E-state index in [4.69, 9.17) is 0 Å². The van der Waals surface area contributed by atoms with Crippen LogP contribution in [0.3, 0.4) is 0 Å². The Kier molecular flexibility index (Phi) is 2.39. The summed E-state index contributed by atoms with van der Waals surface area (Å²) in [7, 11) is 2.02. The normalized spacial score (nSPS) is 53.1. The molecule has 2 aliphatic rings.